The molecule has 2 heterocycles. The van der Waals surface area contributed by atoms with E-state index in [-0.39, 0.29) is 42.2 Å². The number of pyridine rings is 1. The Morgan fingerprint density at radius 3 is 2.00 bits per heavy atom. The number of nitrogens with zero attached hydrogens (tertiary/aromatic N) is 3. The Bertz CT molecular complexity index is 1310. The number of alkyl halides is 6. The van der Waals surface area contributed by atoms with E-state index < -0.39 is 29.5 Å². The van der Waals surface area contributed by atoms with Crippen LogP contribution in [-0.4, -0.2) is 40.7 Å². The minimum absolute atomic E-state index is 0.0809. The smallest absolute Gasteiger partial charge is 0.298 e. The van der Waals surface area contributed by atoms with E-state index in [4.69, 9.17) is 0 Å². The molecule has 0 spiro atoms. The van der Waals surface area contributed by atoms with E-state index in [1.54, 1.807) is 59.6 Å². The van der Waals surface area contributed by atoms with Crippen molar-refractivity contribution >= 4 is 17.5 Å². The van der Waals surface area contributed by atoms with Gasteiger partial charge >= 0.3 is 12.4 Å². The fourth-order valence-electron chi connectivity index (χ4n) is 5.31. The summed E-state index contributed by atoms with van der Waals surface area (Å²) in [6, 6.07) is 14.7. The maximum Gasteiger partial charge on any atom is 0.416 e. The van der Waals surface area contributed by atoms with E-state index >= 15 is 0 Å². The molecule has 1 unspecified atom stereocenters. The first-order valence-corrected chi connectivity index (χ1v) is 13.2. The Balaban J connectivity index is 1.52. The number of likely N-dealkylation sites (tertiary alicyclic amines) is 1. The van der Waals surface area contributed by atoms with Crippen molar-refractivity contribution in [2.75, 3.05) is 18.0 Å². The number of amides is 1. The van der Waals surface area contributed by atoms with Crippen LogP contribution < -0.4 is 4.90 Å². The summed E-state index contributed by atoms with van der Waals surface area (Å²) in [7, 11) is 0. The molecule has 4 rings (SSSR count). The van der Waals surface area contributed by atoms with Gasteiger partial charge in [0.15, 0.2) is 5.78 Å². The van der Waals surface area contributed by atoms with Gasteiger partial charge in [0.25, 0.3) is 0 Å². The van der Waals surface area contributed by atoms with Crippen molar-refractivity contribution in [1.29, 1.82) is 0 Å². The third-order valence-corrected chi connectivity index (χ3v) is 7.19. The summed E-state index contributed by atoms with van der Waals surface area (Å²) in [5, 5.41) is 0. The lowest BCUT2D eigenvalue weighted by Crippen LogP contribution is -2.49. The average Bonchev–Trinajstić information content (AvgIpc) is 2.93. The van der Waals surface area contributed by atoms with Gasteiger partial charge in [-0.3, -0.25) is 19.4 Å². The molecule has 0 aliphatic carbocycles. The Kier molecular flexibility index (Phi) is 9.16. The molecule has 1 atom stereocenters. The molecule has 11 heteroatoms. The number of aryl methyl sites for hydroxylation is 1. The first kappa shape index (κ1) is 30.2. The highest BCUT2D eigenvalue weighted by Gasteiger charge is 2.37. The molecule has 1 saturated heterocycles. The summed E-state index contributed by atoms with van der Waals surface area (Å²) in [5.74, 6) is 0.0689. The van der Waals surface area contributed by atoms with E-state index in [0.29, 0.717) is 49.4 Å². The number of halogens is 6. The van der Waals surface area contributed by atoms with E-state index in [2.05, 4.69) is 4.98 Å². The lowest BCUT2D eigenvalue weighted by molar-refractivity contribution is -0.143. The normalized spacial score (nSPS) is 15.9. The van der Waals surface area contributed by atoms with Gasteiger partial charge in [-0.2, -0.15) is 26.3 Å². The molecule has 1 fully saturated rings. The molecule has 1 aromatic heterocycles. The highest BCUT2D eigenvalue weighted by molar-refractivity contribution is 5.91. The fraction of sp³-hybridized carbons (Fsp3) is 0.367. The Hall–Kier alpha value is -3.73. The predicted octanol–water partition coefficient (Wildman–Crippen LogP) is 6.88. The molecule has 41 heavy (non-hydrogen) atoms. The second kappa shape index (κ2) is 12.4. The molecular formula is C30H29F6N3O2. The van der Waals surface area contributed by atoms with Crippen molar-refractivity contribution < 1.29 is 35.9 Å². The van der Waals surface area contributed by atoms with Crippen LogP contribution in [0, 0.1) is 0 Å². The molecule has 0 N–H and O–H groups in total. The summed E-state index contributed by atoms with van der Waals surface area (Å²) in [4.78, 5) is 33.9. The van der Waals surface area contributed by atoms with Crippen LogP contribution in [0.5, 0.6) is 0 Å². The van der Waals surface area contributed by atoms with E-state index in [9.17, 15) is 35.9 Å². The second-order valence-electron chi connectivity index (χ2n) is 10.0. The molecule has 0 bridgehead atoms. The molecule has 2 aromatic carbocycles. The minimum Gasteiger partial charge on any atom is -0.298 e. The Labute approximate surface area is 233 Å². The van der Waals surface area contributed by atoms with Gasteiger partial charge in [0.1, 0.15) is 5.82 Å². The van der Waals surface area contributed by atoms with Crippen LogP contribution in [0.4, 0.5) is 32.2 Å². The number of benzene rings is 2. The maximum atomic E-state index is 13.6. The number of aromatic nitrogens is 1. The molecule has 3 aromatic rings. The minimum atomic E-state index is -4.96. The first-order chi connectivity index (χ1) is 19.3. The standard InChI is InChI=1S/C30H29F6N3O2/c1-20(40)39(27-9-5-6-14-37-27)25-12-15-38(16-13-25)28(22-7-3-2-4-8-22)26(41)11-10-21-17-23(29(31,32)33)19-24(18-21)30(34,35)36/h2-9,14,17-19,25,28H,10-13,15-16H2,1H3. The van der Waals surface area contributed by atoms with Crippen LogP contribution in [0.1, 0.15) is 54.5 Å². The van der Waals surface area contributed by atoms with Gasteiger partial charge < -0.3 is 0 Å². The number of carbonyl (C=O) groups is 2. The lowest BCUT2D eigenvalue weighted by Gasteiger charge is -2.40. The van der Waals surface area contributed by atoms with Gasteiger partial charge in [0, 0.05) is 38.7 Å². The van der Waals surface area contributed by atoms with Crippen LogP contribution in [0.3, 0.4) is 0 Å². The SMILES string of the molecule is CC(=O)N(c1ccccn1)C1CCN(C(C(=O)CCc2cc(C(F)(F)F)cc(C(F)(F)F)c2)c2ccccc2)CC1. The van der Waals surface area contributed by atoms with Gasteiger partial charge in [0.2, 0.25) is 5.91 Å². The molecule has 5 nitrogen and oxygen atoms in total. The molecule has 0 saturated carbocycles. The molecule has 1 aliphatic heterocycles. The summed E-state index contributed by atoms with van der Waals surface area (Å²) in [5.41, 5.74) is -2.33. The van der Waals surface area contributed by atoms with E-state index in [1.807, 2.05) is 4.90 Å². The van der Waals surface area contributed by atoms with E-state index in [0.717, 1.165) is 0 Å². The fourth-order valence-corrected chi connectivity index (χ4v) is 5.31. The van der Waals surface area contributed by atoms with Crippen LogP contribution in [-0.2, 0) is 28.4 Å². The highest BCUT2D eigenvalue weighted by atomic mass is 19.4. The number of Topliss-reactive ketones (excluding diaryl/α,β-unsaturated/α-hetero) is 1. The van der Waals surface area contributed by atoms with Crippen molar-refractivity contribution in [2.45, 2.75) is 57.0 Å². The largest absolute Gasteiger partial charge is 0.416 e. The zero-order chi connectivity index (χ0) is 29.8. The quantitative estimate of drug-likeness (QED) is 0.274. The van der Waals surface area contributed by atoms with Crippen molar-refractivity contribution in [1.82, 2.24) is 9.88 Å². The Morgan fingerprint density at radius 2 is 1.49 bits per heavy atom. The van der Waals surface area contributed by atoms with Gasteiger partial charge in [-0.15, -0.1) is 0 Å². The number of rotatable bonds is 8. The van der Waals surface area contributed by atoms with Crippen LogP contribution in [0.2, 0.25) is 0 Å². The first-order valence-electron chi connectivity index (χ1n) is 13.2. The summed E-state index contributed by atoms with van der Waals surface area (Å²) in [6.07, 6.45) is -7.73. The zero-order valence-electron chi connectivity index (χ0n) is 22.3. The van der Waals surface area contributed by atoms with Gasteiger partial charge in [-0.1, -0.05) is 36.4 Å². The van der Waals surface area contributed by atoms with Crippen LogP contribution in [0.25, 0.3) is 0 Å². The van der Waals surface area contributed by atoms with Gasteiger partial charge in [0.05, 0.1) is 17.2 Å². The number of anilines is 1. The van der Waals surface area contributed by atoms with Crippen LogP contribution >= 0.6 is 0 Å². The molecular weight excluding hydrogens is 548 g/mol. The molecule has 218 valence electrons. The van der Waals surface area contributed by atoms with Crippen LogP contribution in [0.15, 0.2) is 72.9 Å². The van der Waals surface area contributed by atoms with Crippen molar-refractivity contribution in [2.24, 2.45) is 0 Å². The number of ketones is 1. The monoisotopic (exact) mass is 577 g/mol. The summed E-state index contributed by atoms with van der Waals surface area (Å²) in [6.45, 7) is 2.37. The third-order valence-electron chi connectivity index (χ3n) is 7.19. The predicted molar refractivity (Wildman–Crippen MR) is 141 cm³/mol. The molecule has 1 aliphatic rings. The van der Waals surface area contributed by atoms with E-state index in [1.165, 1.54) is 6.92 Å². The zero-order valence-corrected chi connectivity index (χ0v) is 22.3. The lowest BCUT2D eigenvalue weighted by atomic mass is 9.92. The van der Waals surface area contributed by atoms with Crippen molar-refractivity contribution in [3.63, 3.8) is 0 Å². The number of hydrogen-bond acceptors (Lipinski definition) is 4. The summed E-state index contributed by atoms with van der Waals surface area (Å²) < 4.78 is 79.8. The highest BCUT2D eigenvalue weighted by Crippen LogP contribution is 2.37. The Morgan fingerprint density at radius 1 is 0.902 bits per heavy atom. The maximum absolute atomic E-state index is 13.6. The van der Waals surface area contributed by atoms with Crippen molar-refractivity contribution in [3.8, 4) is 0 Å². The second-order valence-corrected chi connectivity index (χ2v) is 10.0. The topological polar surface area (TPSA) is 53.5 Å². The summed E-state index contributed by atoms with van der Waals surface area (Å²) >= 11 is 0. The third kappa shape index (κ3) is 7.52. The average molecular weight is 578 g/mol. The number of piperidine rings is 1. The molecule has 1 amide bonds. The van der Waals surface area contributed by atoms with Gasteiger partial charge in [-0.25, -0.2) is 4.98 Å². The number of carbonyl (C=O) groups excluding carboxylic acids is 2. The van der Waals surface area contributed by atoms with Gasteiger partial charge in [-0.05, 0) is 60.7 Å². The van der Waals surface area contributed by atoms with Crippen molar-refractivity contribution in [3.05, 3.63) is 95.2 Å². The number of hydrogen-bond donors (Lipinski definition) is 0. The molecule has 0 radical (unpaired) electrons.